The fourth-order valence-corrected chi connectivity index (χ4v) is 1.51. The van der Waals surface area contributed by atoms with E-state index in [-0.39, 0.29) is 5.82 Å². The van der Waals surface area contributed by atoms with E-state index in [2.05, 4.69) is 0 Å². The maximum atomic E-state index is 12.9. The summed E-state index contributed by atoms with van der Waals surface area (Å²) in [5.74, 6) is 0.672. The minimum Gasteiger partial charge on any atom is -0.457 e. The highest BCUT2D eigenvalue weighted by atomic mass is 19.1. The molecule has 0 bridgehead atoms. The molecule has 0 atom stereocenters. The molecule has 86 valence electrons. The van der Waals surface area contributed by atoms with Crippen LogP contribution in [0.25, 0.3) is 0 Å². The third-order valence-corrected chi connectivity index (χ3v) is 2.40. The van der Waals surface area contributed by atoms with Gasteiger partial charge in [-0.15, -0.1) is 0 Å². The van der Waals surface area contributed by atoms with Crippen molar-refractivity contribution in [2.75, 3.05) is 0 Å². The first kappa shape index (κ1) is 11.3. The molecule has 0 amide bonds. The Bertz CT molecular complexity index is 550. The van der Waals surface area contributed by atoms with Crippen molar-refractivity contribution >= 4 is 6.29 Å². The van der Waals surface area contributed by atoms with Gasteiger partial charge in [-0.25, -0.2) is 4.39 Å². The zero-order valence-electron chi connectivity index (χ0n) is 9.31. The number of carbonyl (C=O) groups is 1. The SMILES string of the molecule is Cc1cc(Oc2cccc(F)c2)ccc1C=O. The summed E-state index contributed by atoms with van der Waals surface area (Å²) in [7, 11) is 0. The average molecular weight is 230 g/mol. The number of hydrogen-bond acceptors (Lipinski definition) is 2. The maximum Gasteiger partial charge on any atom is 0.150 e. The molecule has 2 nitrogen and oxygen atoms in total. The topological polar surface area (TPSA) is 26.3 Å². The van der Waals surface area contributed by atoms with Crippen molar-refractivity contribution in [3.8, 4) is 11.5 Å². The average Bonchev–Trinajstić information content (AvgIpc) is 2.29. The number of hydrogen-bond donors (Lipinski definition) is 0. The molecule has 0 fully saturated rings. The summed E-state index contributed by atoms with van der Waals surface area (Å²) in [5, 5.41) is 0. The van der Waals surface area contributed by atoms with Gasteiger partial charge in [0, 0.05) is 11.6 Å². The van der Waals surface area contributed by atoms with Crippen molar-refractivity contribution in [2.24, 2.45) is 0 Å². The highest BCUT2D eigenvalue weighted by Crippen LogP contribution is 2.23. The number of ether oxygens (including phenoxy) is 1. The van der Waals surface area contributed by atoms with Crippen LogP contribution in [0.4, 0.5) is 4.39 Å². The molecule has 0 unspecified atom stereocenters. The van der Waals surface area contributed by atoms with Crippen LogP contribution in [-0.2, 0) is 0 Å². The molecule has 2 aromatic carbocycles. The quantitative estimate of drug-likeness (QED) is 0.751. The van der Waals surface area contributed by atoms with Crippen molar-refractivity contribution in [3.63, 3.8) is 0 Å². The normalized spacial score (nSPS) is 10.0. The van der Waals surface area contributed by atoms with Gasteiger partial charge in [-0.2, -0.15) is 0 Å². The lowest BCUT2D eigenvalue weighted by Crippen LogP contribution is -1.89. The summed E-state index contributed by atoms with van der Waals surface area (Å²) in [5.41, 5.74) is 1.45. The second kappa shape index (κ2) is 4.78. The van der Waals surface area contributed by atoms with Gasteiger partial charge in [0.15, 0.2) is 0 Å². The van der Waals surface area contributed by atoms with E-state index in [1.807, 2.05) is 6.92 Å². The van der Waals surface area contributed by atoms with E-state index in [4.69, 9.17) is 4.74 Å². The van der Waals surface area contributed by atoms with Crippen molar-refractivity contribution < 1.29 is 13.9 Å². The summed E-state index contributed by atoms with van der Waals surface area (Å²) in [6, 6.07) is 11.0. The molecule has 17 heavy (non-hydrogen) atoms. The van der Waals surface area contributed by atoms with Gasteiger partial charge in [-0.3, -0.25) is 4.79 Å². The van der Waals surface area contributed by atoms with Crippen LogP contribution in [0.1, 0.15) is 15.9 Å². The number of halogens is 1. The van der Waals surface area contributed by atoms with Gasteiger partial charge >= 0.3 is 0 Å². The Kier molecular flexibility index (Phi) is 3.19. The predicted octanol–water partition coefficient (Wildman–Crippen LogP) is 3.74. The van der Waals surface area contributed by atoms with Crippen molar-refractivity contribution in [1.82, 2.24) is 0 Å². The smallest absolute Gasteiger partial charge is 0.150 e. The van der Waals surface area contributed by atoms with Crippen LogP contribution in [0.15, 0.2) is 42.5 Å². The van der Waals surface area contributed by atoms with Crippen molar-refractivity contribution in [3.05, 3.63) is 59.4 Å². The highest BCUT2D eigenvalue weighted by Gasteiger charge is 2.02. The molecule has 0 radical (unpaired) electrons. The van der Waals surface area contributed by atoms with E-state index in [0.29, 0.717) is 17.1 Å². The number of rotatable bonds is 3. The Morgan fingerprint density at radius 2 is 1.88 bits per heavy atom. The molecule has 0 N–H and O–H groups in total. The van der Waals surface area contributed by atoms with Crippen LogP contribution in [0, 0.1) is 12.7 Å². The van der Waals surface area contributed by atoms with Gasteiger partial charge in [0.2, 0.25) is 0 Å². The van der Waals surface area contributed by atoms with E-state index in [9.17, 15) is 9.18 Å². The summed E-state index contributed by atoms with van der Waals surface area (Å²) in [4.78, 5) is 10.7. The van der Waals surface area contributed by atoms with Crippen LogP contribution in [-0.4, -0.2) is 6.29 Å². The Balaban J connectivity index is 2.24. The minimum absolute atomic E-state index is 0.344. The van der Waals surface area contributed by atoms with E-state index in [0.717, 1.165) is 11.8 Å². The van der Waals surface area contributed by atoms with Crippen LogP contribution in [0.5, 0.6) is 11.5 Å². The van der Waals surface area contributed by atoms with Gasteiger partial charge in [0.05, 0.1) is 0 Å². The van der Waals surface area contributed by atoms with Crippen LogP contribution < -0.4 is 4.74 Å². The molecule has 0 saturated heterocycles. The fraction of sp³-hybridized carbons (Fsp3) is 0.0714. The fourth-order valence-electron chi connectivity index (χ4n) is 1.51. The van der Waals surface area contributed by atoms with Crippen molar-refractivity contribution in [1.29, 1.82) is 0 Å². The van der Waals surface area contributed by atoms with E-state index in [1.165, 1.54) is 12.1 Å². The molecular weight excluding hydrogens is 219 g/mol. The molecule has 3 heteroatoms. The minimum atomic E-state index is -0.344. The lowest BCUT2D eigenvalue weighted by atomic mass is 10.1. The molecule has 2 rings (SSSR count). The Morgan fingerprint density at radius 1 is 1.12 bits per heavy atom. The number of aryl methyl sites for hydroxylation is 1. The van der Waals surface area contributed by atoms with E-state index in [1.54, 1.807) is 30.3 Å². The second-order valence-electron chi connectivity index (χ2n) is 3.70. The molecule has 2 aromatic rings. The Morgan fingerprint density at radius 3 is 2.53 bits per heavy atom. The Labute approximate surface area is 98.7 Å². The lowest BCUT2D eigenvalue weighted by molar-refractivity contribution is 0.112. The van der Waals surface area contributed by atoms with Gasteiger partial charge in [-0.1, -0.05) is 6.07 Å². The lowest BCUT2D eigenvalue weighted by Gasteiger charge is -2.07. The molecule has 0 spiro atoms. The number of carbonyl (C=O) groups excluding carboxylic acids is 1. The largest absolute Gasteiger partial charge is 0.457 e. The second-order valence-corrected chi connectivity index (χ2v) is 3.70. The number of benzene rings is 2. The van der Waals surface area contributed by atoms with Crippen LogP contribution in [0.3, 0.4) is 0 Å². The third-order valence-electron chi connectivity index (χ3n) is 2.40. The first-order valence-electron chi connectivity index (χ1n) is 5.18. The maximum absolute atomic E-state index is 12.9. The third kappa shape index (κ3) is 2.69. The Hall–Kier alpha value is -2.16. The van der Waals surface area contributed by atoms with E-state index < -0.39 is 0 Å². The molecule has 0 aliphatic carbocycles. The highest BCUT2D eigenvalue weighted by molar-refractivity contribution is 5.77. The summed E-state index contributed by atoms with van der Waals surface area (Å²) in [6.45, 7) is 1.82. The number of aldehydes is 1. The van der Waals surface area contributed by atoms with Gasteiger partial charge < -0.3 is 4.74 Å². The van der Waals surface area contributed by atoms with Gasteiger partial charge in [0.25, 0.3) is 0 Å². The van der Waals surface area contributed by atoms with Crippen LogP contribution >= 0.6 is 0 Å². The zero-order chi connectivity index (χ0) is 12.3. The molecule has 0 saturated carbocycles. The molecule has 0 aliphatic rings. The molecule has 0 aliphatic heterocycles. The van der Waals surface area contributed by atoms with E-state index >= 15 is 0 Å². The molecular formula is C14H11FO2. The van der Waals surface area contributed by atoms with Gasteiger partial charge in [0.1, 0.15) is 23.6 Å². The van der Waals surface area contributed by atoms with Crippen LogP contribution in [0.2, 0.25) is 0 Å². The van der Waals surface area contributed by atoms with Crippen molar-refractivity contribution in [2.45, 2.75) is 6.92 Å². The molecule has 0 heterocycles. The first-order chi connectivity index (χ1) is 8.19. The zero-order valence-corrected chi connectivity index (χ0v) is 9.31. The standard InChI is InChI=1S/C14H11FO2/c1-10-7-14(6-5-11(10)9-16)17-13-4-2-3-12(15)8-13/h2-9H,1H3. The first-order valence-corrected chi connectivity index (χ1v) is 5.18. The predicted molar refractivity (Wildman–Crippen MR) is 63.0 cm³/mol. The summed E-state index contributed by atoms with van der Waals surface area (Å²) >= 11 is 0. The summed E-state index contributed by atoms with van der Waals surface area (Å²) < 4.78 is 18.4. The van der Waals surface area contributed by atoms with Gasteiger partial charge in [-0.05, 0) is 42.8 Å². The molecule has 0 aromatic heterocycles. The monoisotopic (exact) mass is 230 g/mol. The summed E-state index contributed by atoms with van der Waals surface area (Å²) in [6.07, 6.45) is 0.793.